The minimum Gasteiger partial charge on any atom is -0.392 e. The summed E-state index contributed by atoms with van der Waals surface area (Å²) >= 11 is 0. The number of hydrogen-bond acceptors (Lipinski definition) is 9. The number of nitrogens with zero attached hydrogens (tertiary/aromatic N) is 5. The molecule has 0 saturated carbocycles. The number of rotatable bonds is 1. The average Bonchev–Trinajstić information content (AvgIpc) is 3.02. The number of aromatic nitrogens is 3. The number of fused-ring (bicyclic) bond motifs is 9. The lowest BCUT2D eigenvalue weighted by atomic mass is 9.85. The molecule has 10 nitrogen and oxygen atoms in total. The van der Waals surface area contributed by atoms with Gasteiger partial charge in [-0.1, -0.05) is 31.0 Å². The summed E-state index contributed by atoms with van der Waals surface area (Å²) in [5.41, 5.74) is -0.192. The molecule has 2 fully saturated rings. The van der Waals surface area contributed by atoms with Gasteiger partial charge in [0.15, 0.2) is 9.84 Å². The third-order valence-corrected chi connectivity index (χ3v) is 11.4. The first-order valence-electron chi connectivity index (χ1n) is 16.1. The van der Waals surface area contributed by atoms with E-state index in [2.05, 4.69) is 15.3 Å². The van der Waals surface area contributed by atoms with Gasteiger partial charge in [-0.3, -0.25) is 9.36 Å². The number of benzene rings is 1. The molecular formula is C32H41F3N6O4S. The molecule has 2 atom stereocenters. The third-order valence-electron chi connectivity index (χ3n) is 9.74. The van der Waals surface area contributed by atoms with Crippen LogP contribution >= 0.6 is 0 Å². The minimum absolute atomic E-state index is 0.0603. The zero-order valence-electron chi connectivity index (χ0n) is 26.0. The maximum Gasteiger partial charge on any atom is 0.278 e. The van der Waals surface area contributed by atoms with Crippen molar-refractivity contribution >= 4 is 32.4 Å². The maximum absolute atomic E-state index is 16.0. The molecule has 4 aliphatic rings. The SMILES string of the molecule is C[C@H]1Nc2ncnc3c2cc(N2CCS(=O)(=O)CC2)c(=O)n3CCCCCC(O)CN2CCC(CC2)C(F)(F)c2cccc1c2F. The second kappa shape index (κ2) is 13.1. The number of aliphatic hydroxyl groups is 1. The molecule has 0 spiro atoms. The van der Waals surface area contributed by atoms with Crippen LogP contribution in [0.4, 0.5) is 24.7 Å². The first-order chi connectivity index (χ1) is 21.9. The molecule has 2 aromatic heterocycles. The van der Waals surface area contributed by atoms with Crippen molar-refractivity contribution in [3.63, 3.8) is 0 Å². The van der Waals surface area contributed by atoms with Gasteiger partial charge in [-0.25, -0.2) is 31.6 Å². The molecule has 14 heteroatoms. The van der Waals surface area contributed by atoms with Crippen molar-refractivity contribution in [2.45, 2.75) is 70.1 Å². The summed E-state index contributed by atoms with van der Waals surface area (Å²) < 4.78 is 73.6. The van der Waals surface area contributed by atoms with Gasteiger partial charge < -0.3 is 20.2 Å². The number of nitrogens with one attached hydrogen (secondary N) is 1. The molecule has 3 aromatic rings. The van der Waals surface area contributed by atoms with Crippen LogP contribution in [-0.4, -0.2) is 83.3 Å². The first-order valence-corrected chi connectivity index (χ1v) is 17.9. The molecule has 0 amide bonds. The van der Waals surface area contributed by atoms with Crippen molar-refractivity contribution in [3.8, 4) is 0 Å². The number of aryl methyl sites for hydroxylation is 1. The van der Waals surface area contributed by atoms with Crippen molar-refractivity contribution in [1.82, 2.24) is 19.4 Å². The van der Waals surface area contributed by atoms with Crippen LogP contribution in [0, 0.1) is 11.7 Å². The molecule has 0 aliphatic carbocycles. The van der Waals surface area contributed by atoms with E-state index >= 15 is 13.2 Å². The van der Waals surface area contributed by atoms with E-state index in [0.29, 0.717) is 61.6 Å². The molecule has 250 valence electrons. The summed E-state index contributed by atoms with van der Waals surface area (Å²) in [6.07, 6.45) is 3.75. The lowest BCUT2D eigenvalue weighted by Crippen LogP contribution is -2.43. The molecule has 2 saturated heterocycles. The predicted molar refractivity (Wildman–Crippen MR) is 171 cm³/mol. The average molecular weight is 663 g/mol. The quantitative estimate of drug-likeness (QED) is 0.397. The van der Waals surface area contributed by atoms with Crippen molar-refractivity contribution < 1.29 is 26.7 Å². The lowest BCUT2D eigenvalue weighted by molar-refractivity contribution is -0.0899. The van der Waals surface area contributed by atoms with Crippen molar-refractivity contribution in [1.29, 1.82) is 0 Å². The second-order valence-corrected chi connectivity index (χ2v) is 15.2. The van der Waals surface area contributed by atoms with Gasteiger partial charge in [-0.05, 0) is 51.8 Å². The smallest absolute Gasteiger partial charge is 0.278 e. The number of pyridine rings is 1. The maximum atomic E-state index is 16.0. The fraction of sp³-hybridized carbons (Fsp3) is 0.594. The molecule has 4 aliphatic heterocycles. The van der Waals surface area contributed by atoms with E-state index in [1.165, 1.54) is 18.5 Å². The highest BCUT2D eigenvalue weighted by atomic mass is 32.2. The largest absolute Gasteiger partial charge is 0.392 e. The van der Waals surface area contributed by atoms with E-state index in [1.807, 2.05) is 4.90 Å². The molecule has 0 radical (unpaired) electrons. The Kier molecular flexibility index (Phi) is 9.32. The molecule has 1 aromatic carbocycles. The van der Waals surface area contributed by atoms with Gasteiger partial charge in [0.2, 0.25) is 0 Å². The second-order valence-electron chi connectivity index (χ2n) is 12.9. The molecule has 1 unspecified atom stereocenters. The van der Waals surface area contributed by atoms with Crippen LogP contribution in [0.5, 0.6) is 0 Å². The van der Waals surface area contributed by atoms with Crippen LogP contribution in [0.25, 0.3) is 11.0 Å². The summed E-state index contributed by atoms with van der Waals surface area (Å²) in [6.45, 7) is 3.54. The van der Waals surface area contributed by atoms with Crippen LogP contribution in [0.1, 0.15) is 62.6 Å². The highest BCUT2D eigenvalue weighted by molar-refractivity contribution is 7.91. The summed E-state index contributed by atoms with van der Waals surface area (Å²) in [4.78, 5) is 26.5. The summed E-state index contributed by atoms with van der Waals surface area (Å²) in [6, 6.07) is 4.94. The number of piperidine rings is 1. The van der Waals surface area contributed by atoms with Crippen LogP contribution in [0.2, 0.25) is 0 Å². The number of aliphatic hydroxyl groups excluding tert-OH is 1. The van der Waals surface area contributed by atoms with Gasteiger partial charge in [-0.2, -0.15) is 0 Å². The predicted octanol–water partition coefficient (Wildman–Crippen LogP) is 4.08. The van der Waals surface area contributed by atoms with E-state index in [-0.39, 0.29) is 48.6 Å². The normalized spacial score (nSPS) is 27.2. The molecule has 8 bridgehead atoms. The fourth-order valence-electron chi connectivity index (χ4n) is 7.01. The van der Waals surface area contributed by atoms with Crippen LogP contribution in [0.3, 0.4) is 0 Å². The zero-order valence-corrected chi connectivity index (χ0v) is 26.8. The van der Waals surface area contributed by atoms with E-state index in [4.69, 9.17) is 0 Å². The number of anilines is 2. The monoisotopic (exact) mass is 662 g/mol. The molecule has 46 heavy (non-hydrogen) atoms. The van der Waals surface area contributed by atoms with E-state index < -0.39 is 45.2 Å². The Bertz CT molecular complexity index is 1730. The standard InChI is InChI=1S/C32H41F3N6O4S/c1-21-24-7-5-8-26(28(24)33)32(34,35)22-9-12-39(13-10-22)19-23(42)6-3-2-4-11-41-30-25(29(38-21)36-20-37-30)18-27(31(41)43)40-14-16-46(44,45)17-15-40/h5,7-8,18,20-23,42H,2-4,6,9-17,19H2,1H3,(H,36,37,38)/t21-,23?/m1/s1. The first kappa shape index (κ1) is 32.7. The van der Waals surface area contributed by atoms with Crippen molar-refractivity contribution in [2.75, 3.05) is 54.4 Å². The highest BCUT2D eigenvalue weighted by Gasteiger charge is 2.45. The van der Waals surface area contributed by atoms with Crippen LogP contribution in [0.15, 0.2) is 35.4 Å². The van der Waals surface area contributed by atoms with E-state index in [0.717, 1.165) is 18.9 Å². The van der Waals surface area contributed by atoms with E-state index in [9.17, 15) is 18.3 Å². The topological polar surface area (TPSA) is 121 Å². The van der Waals surface area contributed by atoms with Gasteiger partial charge >= 0.3 is 0 Å². The van der Waals surface area contributed by atoms with Gasteiger partial charge in [-0.15, -0.1) is 0 Å². The van der Waals surface area contributed by atoms with Gasteiger partial charge in [0.1, 0.15) is 29.3 Å². The van der Waals surface area contributed by atoms with Gasteiger partial charge in [0.05, 0.1) is 34.6 Å². The fourth-order valence-corrected chi connectivity index (χ4v) is 8.21. The molecular weight excluding hydrogens is 621 g/mol. The number of hydrogen-bond donors (Lipinski definition) is 2. The number of alkyl halides is 2. The van der Waals surface area contributed by atoms with E-state index in [1.54, 1.807) is 22.5 Å². The summed E-state index contributed by atoms with van der Waals surface area (Å²) in [7, 11) is -3.19. The lowest BCUT2D eigenvalue weighted by Gasteiger charge is -2.37. The van der Waals surface area contributed by atoms with Crippen molar-refractivity contribution in [2.24, 2.45) is 5.92 Å². The third kappa shape index (κ3) is 6.61. The molecule has 7 rings (SSSR count). The van der Waals surface area contributed by atoms with Crippen LogP contribution in [-0.2, 0) is 22.3 Å². The minimum atomic E-state index is -3.38. The Balaban J connectivity index is 1.42. The number of sulfone groups is 1. The van der Waals surface area contributed by atoms with Gasteiger partial charge in [0.25, 0.3) is 11.5 Å². The van der Waals surface area contributed by atoms with Crippen LogP contribution < -0.4 is 15.8 Å². The zero-order chi connectivity index (χ0) is 32.6. The summed E-state index contributed by atoms with van der Waals surface area (Å²) in [5, 5.41) is 14.4. The Morgan fingerprint density at radius 2 is 1.74 bits per heavy atom. The Hall–Kier alpha value is -3.23. The van der Waals surface area contributed by atoms with Gasteiger partial charge in [0, 0.05) is 37.7 Å². The highest BCUT2D eigenvalue weighted by Crippen LogP contribution is 2.44. The molecule has 6 heterocycles. The Morgan fingerprint density at radius 1 is 1.00 bits per heavy atom. The van der Waals surface area contributed by atoms with Crippen molar-refractivity contribution in [3.05, 3.63) is 57.9 Å². The number of halogens is 3. The Morgan fingerprint density at radius 3 is 2.48 bits per heavy atom. The Labute approximate surface area is 266 Å². The summed E-state index contributed by atoms with van der Waals surface area (Å²) in [5.74, 6) is -5.21. The molecule has 2 N–H and O–H groups in total.